The van der Waals surface area contributed by atoms with Crippen LogP contribution in [-0.4, -0.2) is 83.2 Å². The van der Waals surface area contributed by atoms with Gasteiger partial charge in [-0.3, -0.25) is 19.8 Å². The number of nitro groups is 1. The number of aromatic amines is 1. The summed E-state index contributed by atoms with van der Waals surface area (Å²) in [6.07, 6.45) is 13.2. The fourth-order valence-corrected chi connectivity index (χ4v) is 12.5. The van der Waals surface area contributed by atoms with Crippen LogP contribution in [0.3, 0.4) is 0 Å². The van der Waals surface area contributed by atoms with Crippen LogP contribution in [0.25, 0.3) is 11.0 Å². The summed E-state index contributed by atoms with van der Waals surface area (Å²) in [5.74, 6) is -0.00447. The van der Waals surface area contributed by atoms with Crippen LogP contribution in [0.1, 0.15) is 125 Å². The number of benzene rings is 3. The number of anilines is 1. The maximum absolute atomic E-state index is 14.1. The number of carbonyl (C=O) groups excluding carboxylic acids is 1. The van der Waals surface area contributed by atoms with Crippen LogP contribution in [0.4, 0.5) is 11.4 Å². The van der Waals surface area contributed by atoms with Crippen LogP contribution in [0.5, 0.6) is 23.0 Å². The van der Waals surface area contributed by atoms with E-state index in [0.29, 0.717) is 54.1 Å². The second-order valence-corrected chi connectivity index (χ2v) is 22.0. The largest absolute Gasteiger partial charge is 0.486 e. The highest BCUT2D eigenvalue weighted by Crippen LogP contribution is 2.54. The van der Waals surface area contributed by atoms with Gasteiger partial charge in [-0.25, -0.2) is 18.1 Å². The molecule has 67 heavy (non-hydrogen) atoms. The second-order valence-electron chi connectivity index (χ2n) is 20.3. The average Bonchev–Trinajstić information content (AvgIpc) is 3.98. The van der Waals surface area contributed by atoms with E-state index in [1.807, 2.05) is 19.1 Å². The zero-order valence-corrected chi connectivity index (χ0v) is 39.2. The highest BCUT2D eigenvalue weighted by molar-refractivity contribution is 7.90. The number of hydrogen-bond donors (Lipinski definition) is 3. The summed E-state index contributed by atoms with van der Waals surface area (Å²) in [7, 11) is -4.68. The number of hydrogen-bond acceptors (Lipinski definition) is 12. The molecule has 1 spiro atoms. The topological polar surface area (TPSA) is 189 Å². The molecule has 3 aliphatic heterocycles. The summed E-state index contributed by atoms with van der Waals surface area (Å²) in [5.41, 5.74) is 3.41. The molecule has 4 fully saturated rings. The van der Waals surface area contributed by atoms with Crippen molar-refractivity contribution in [3.05, 3.63) is 106 Å². The van der Waals surface area contributed by atoms with Crippen molar-refractivity contribution in [2.45, 2.75) is 126 Å². The first-order valence-electron chi connectivity index (χ1n) is 23.9. The van der Waals surface area contributed by atoms with E-state index in [4.69, 9.17) is 14.2 Å². The number of amides is 1. The first kappa shape index (κ1) is 45.1. The summed E-state index contributed by atoms with van der Waals surface area (Å²) in [6, 6.07) is 20.8. The van der Waals surface area contributed by atoms with Crippen LogP contribution in [0.15, 0.2) is 84.0 Å². The highest BCUT2D eigenvalue weighted by atomic mass is 32.2. The van der Waals surface area contributed by atoms with E-state index in [1.54, 1.807) is 24.4 Å². The van der Waals surface area contributed by atoms with E-state index in [2.05, 4.69) is 62.6 Å². The van der Waals surface area contributed by atoms with E-state index in [1.165, 1.54) is 43.0 Å². The van der Waals surface area contributed by atoms with E-state index in [-0.39, 0.29) is 35.3 Å². The van der Waals surface area contributed by atoms with E-state index in [0.717, 1.165) is 68.5 Å². The quantitative estimate of drug-likeness (QED) is 0.0795. The second kappa shape index (κ2) is 17.7. The molecule has 2 saturated heterocycles. The molecule has 2 aliphatic carbocycles. The molecule has 2 atom stereocenters. The molecule has 3 N–H and O–H groups in total. The van der Waals surface area contributed by atoms with Crippen molar-refractivity contribution in [2.24, 2.45) is 11.3 Å². The summed E-state index contributed by atoms with van der Waals surface area (Å²) in [6.45, 7) is 9.26. The van der Waals surface area contributed by atoms with Gasteiger partial charge in [0, 0.05) is 60.6 Å². The molecule has 15 nitrogen and oxygen atoms in total. The van der Waals surface area contributed by atoms with Crippen molar-refractivity contribution in [1.29, 1.82) is 0 Å². The smallest absolute Gasteiger partial charge is 0.316 e. The Balaban J connectivity index is 0.845. The number of nitro benzene ring substituents is 1. The molecule has 1 amide bonds. The SMILES string of the molecule is CC(C)c1ccccc1[C@@H]1CCCN1C1CC2(CCN(c3ccc(C(=O)NS(=O)(=O)c4cc5c(c([N+](=O)[O-])c4)O[C@H](CC4CCC(C)(O)CC4)CO5)c(Oc4cnc5[nH]ccc5c4)c3)CC2)C1. The van der Waals surface area contributed by atoms with Crippen LogP contribution in [0, 0.1) is 21.4 Å². The first-order chi connectivity index (χ1) is 32.1. The standard InChI is InChI=1S/C51H60N6O9S/c1-32(2)40-7-4-5-8-41(40)43-9-6-20-56(43)36-28-51(29-36)17-21-55(22-18-51)35-10-11-42(45(25-35)65-37-24-34-14-19-52-48(34)53-30-37)49(58)54-67(62,63)39-26-44(57(60)61)47-46(27-39)64-31-38(66-47)23-33-12-15-50(3,59)16-13-33/h4-5,7-8,10-11,14,19,24-27,30,32-33,36,38,43,59H,6,9,12-13,15-18,20-23,28-29,31H2,1-3H3,(H,52,53)(H,54,58)/t33?,38-,43+,50?/m1/s1. The Labute approximate surface area is 391 Å². The van der Waals surface area contributed by atoms with E-state index >= 15 is 0 Å². The lowest BCUT2D eigenvalue weighted by molar-refractivity contribution is -0.386. The Kier molecular flexibility index (Phi) is 11.9. The molecule has 2 aromatic heterocycles. The number of rotatable bonds is 12. The van der Waals surface area contributed by atoms with Gasteiger partial charge in [-0.05, 0) is 137 Å². The van der Waals surface area contributed by atoms with Gasteiger partial charge in [0.2, 0.25) is 5.75 Å². The minimum absolute atomic E-state index is 0.0462. The van der Waals surface area contributed by atoms with Gasteiger partial charge in [0.1, 0.15) is 29.9 Å². The van der Waals surface area contributed by atoms with Crippen molar-refractivity contribution in [1.82, 2.24) is 19.6 Å². The van der Waals surface area contributed by atoms with Crippen molar-refractivity contribution >= 4 is 38.3 Å². The molecule has 3 aromatic carbocycles. The molecular formula is C51H60N6O9S. The number of piperidine rings is 1. The van der Waals surface area contributed by atoms with Crippen LogP contribution in [-0.2, 0) is 10.0 Å². The first-order valence-corrected chi connectivity index (χ1v) is 25.4. The monoisotopic (exact) mass is 932 g/mol. The fourth-order valence-electron chi connectivity index (χ4n) is 11.5. The average molecular weight is 933 g/mol. The van der Waals surface area contributed by atoms with Gasteiger partial charge in [0.15, 0.2) is 5.75 Å². The van der Waals surface area contributed by atoms with Crippen LogP contribution >= 0.6 is 0 Å². The van der Waals surface area contributed by atoms with Gasteiger partial charge in [0.25, 0.3) is 15.9 Å². The number of nitrogens with one attached hydrogen (secondary N) is 2. The lowest BCUT2D eigenvalue weighted by atomic mass is 9.59. The highest BCUT2D eigenvalue weighted by Gasteiger charge is 2.50. The van der Waals surface area contributed by atoms with E-state index in [9.17, 15) is 28.4 Å². The number of nitrogens with zero attached hydrogens (tertiary/aromatic N) is 4. The predicted octanol–water partition coefficient (Wildman–Crippen LogP) is 9.56. The number of aromatic nitrogens is 2. The Morgan fingerprint density at radius 2 is 1.81 bits per heavy atom. The molecular weight excluding hydrogens is 873 g/mol. The van der Waals surface area contributed by atoms with Gasteiger partial charge in [-0.2, -0.15) is 0 Å². The number of pyridine rings is 1. The number of carbonyl (C=O) groups is 1. The number of H-pyrrole nitrogens is 1. The molecule has 10 rings (SSSR count). The van der Waals surface area contributed by atoms with Gasteiger partial charge in [-0.1, -0.05) is 38.1 Å². The van der Waals surface area contributed by atoms with Crippen molar-refractivity contribution < 1.29 is 37.5 Å². The van der Waals surface area contributed by atoms with Crippen molar-refractivity contribution in [3.63, 3.8) is 0 Å². The molecule has 0 bridgehead atoms. The maximum Gasteiger partial charge on any atom is 0.316 e. The Hall–Kier alpha value is -5.71. The Bertz CT molecular complexity index is 2780. The number of ether oxygens (including phenoxy) is 3. The van der Waals surface area contributed by atoms with Crippen molar-refractivity contribution in [3.8, 4) is 23.0 Å². The maximum atomic E-state index is 14.1. The van der Waals surface area contributed by atoms with Crippen LogP contribution < -0.4 is 23.8 Å². The van der Waals surface area contributed by atoms with Gasteiger partial charge in [0.05, 0.1) is 27.2 Å². The summed E-state index contributed by atoms with van der Waals surface area (Å²) < 4.78 is 48.4. The predicted molar refractivity (Wildman–Crippen MR) is 254 cm³/mol. The fraction of sp³-hybridized carbons (Fsp3) is 0.490. The molecule has 5 aliphatic rings. The molecule has 0 unspecified atom stereocenters. The molecule has 16 heteroatoms. The van der Waals surface area contributed by atoms with Crippen molar-refractivity contribution in [2.75, 3.05) is 31.1 Å². The third-order valence-electron chi connectivity index (χ3n) is 15.3. The zero-order chi connectivity index (χ0) is 46.7. The number of aliphatic hydroxyl groups is 1. The third-order valence-corrected chi connectivity index (χ3v) is 16.6. The molecule has 354 valence electrons. The molecule has 0 radical (unpaired) electrons. The molecule has 5 heterocycles. The lowest BCUT2D eigenvalue weighted by Crippen LogP contribution is -2.54. The number of fused-ring (bicyclic) bond motifs is 2. The van der Waals surface area contributed by atoms with Crippen LogP contribution in [0.2, 0.25) is 0 Å². The summed E-state index contributed by atoms with van der Waals surface area (Å²) >= 11 is 0. The number of likely N-dealkylation sites (tertiary alicyclic amines) is 1. The normalized spacial score (nSPS) is 24.2. The number of sulfonamides is 1. The minimum atomic E-state index is -4.68. The Morgan fingerprint density at radius 3 is 2.57 bits per heavy atom. The third kappa shape index (κ3) is 9.19. The lowest BCUT2D eigenvalue weighted by Gasteiger charge is -2.56. The minimum Gasteiger partial charge on any atom is -0.486 e. The summed E-state index contributed by atoms with van der Waals surface area (Å²) in [5, 5.41) is 23.5. The van der Waals surface area contributed by atoms with Gasteiger partial charge >= 0.3 is 5.69 Å². The Morgan fingerprint density at radius 1 is 1.03 bits per heavy atom. The zero-order valence-electron chi connectivity index (χ0n) is 38.4. The molecule has 5 aromatic rings. The summed E-state index contributed by atoms with van der Waals surface area (Å²) in [4.78, 5) is 37.8. The van der Waals surface area contributed by atoms with Gasteiger partial charge in [-0.15, -0.1) is 0 Å². The molecule has 2 saturated carbocycles. The van der Waals surface area contributed by atoms with E-state index < -0.39 is 43.1 Å². The van der Waals surface area contributed by atoms with Gasteiger partial charge < -0.3 is 29.2 Å².